The summed E-state index contributed by atoms with van der Waals surface area (Å²) < 4.78 is 6.97. The number of ether oxygens (including phenoxy) is 1. The van der Waals surface area contributed by atoms with Crippen molar-refractivity contribution >= 4 is 36.0 Å². The van der Waals surface area contributed by atoms with Gasteiger partial charge < -0.3 is 29.7 Å². The molecule has 3 heterocycles. The Bertz CT molecular complexity index is 1580. The number of esters is 1. The van der Waals surface area contributed by atoms with Gasteiger partial charge >= 0.3 is 5.97 Å². The van der Waals surface area contributed by atoms with Crippen LogP contribution in [0.15, 0.2) is 29.1 Å². The second-order valence-electron chi connectivity index (χ2n) is 11.9. The maximum Gasteiger partial charge on any atom is 0.305 e. The molecule has 1 aliphatic heterocycles. The number of likely N-dealkylation sites (N-methyl/N-ethyl adjacent to an activating group) is 1. The zero-order chi connectivity index (χ0) is 30.3. The molecule has 2 aromatic heterocycles. The lowest BCUT2D eigenvalue weighted by molar-refractivity contribution is -0.144. The van der Waals surface area contributed by atoms with Crippen LogP contribution in [0.3, 0.4) is 0 Å². The molecule has 0 fully saturated rings. The molecule has 0 saturated carbocycles. The molecule has 3 N–H and O–H groups in total. The fraction of sp³-hybridized carbons (Fsp3) is 0.467. The average molecular weight is 581 g/mol. The summed E-state index contributed by atoms with van der Waals surface area (Å²) in [4.78, 5) is 46.5. The number of hydrogen-bond donors (Lipinski definition) is 3. The summed E-state index contributed by atoms with van der Waals surface area (Å²) >= 11 is 0. The maximum absolute atomic E-state index is 14.1. The van der Waals surface area contributed by atoms with E-state index in [-0.39, 0.29) is 42.9 Å². The van der Waals surface area contributed by atoms with E-state index in [1.54, 1.807) is 42.7 Å². The molecule has 0 unspecified atom stereocenters. The van der Waals surface area contributed by atoms with Gasteiger partial charge in [-0.2, -0.15) is 0 Å². The van der Waals surface area contributed by atoms with Crippen LogP contribution in [0.2, 0.25) is 19.6 Å². The third-order valence-corrected chi connectivity index (χ3v) is 9.69. The Morgan fingerprint density at radius 2 is 1.90 bits per heavy atom. The lowest BCUT2D eigenvalue weighted by atomic mass is 9.86. The topological polar surface area (TPSA) is 134 Å². The van der Waals surface area contributed by atoms with Crippen LogP contribution in [0, 0.1) is 0 Å². The van der Waals surface area contributed by atoms with Crippen LogP contribution in [0.25, 0.3) is 22.3 Å². The van der Waals surface area contributed by atoms with E-state index in [1.807, 2.05) is 19.0 Å². The van der Waals surface area contributed by atoms with Crippen molar-refractivity contribution in [3.05, 3.63) is 51.3 Å². The van der Waals surface area contributed by atoms with Gasteiger partial charge in [-0.05, 0) is 55.5 Å². The minimum Gasteiger partial charge on any atom is -0.508 e. The zero-order valence-corrected chi connectivity index (χ0v) is 25.9. The molecule has 1 amide bonds. The second-order valence-corrected chi connectivity index (χ2v) is 16.9. The monoisotopic (exact) mass is 580 g/mol. The highest BCUT2D eigenvalue weighted by Gasteiger charge is 2.41. The molecule has 1 aromatic carbocycles. The van der Waals surface area contributed by atoms with Gasteiger partial charge in [0.1, 0.15) is 12.4 Å². The third-order valence-electron chi connectivity index (χ3n) is 7.62. The lowest BCUT2D eigenvalue weighted by Crippen LogP contribution is -2.47. The predicted octanol–water partition coefficient (Wildman–Crippen LogP) is 2.40. The van der Waals surface area contributed by atoms with Crippen LogP contribution >= 0.6 is 0 Å². The van der Waals surface area contributed by atoms with E-state index in [4.69, 9.17) is 9.72 Å². The normalized spacial score (nSPS) is 14.1. The number of pyridine rings is 2. The van der Waals surface area contributed by atoms with Crippen molar-refractivity contribution in [2.45, 2.75) is 65.1 Å². The van der Waals surface area contributed by atoms with E-state index in [2.05, 4.69) is 25.0 Å². The molecule has 1 aliphatic rings. The van der Waals surface area contributed by atoms with Crippen molar-refractivity contribution < 1.29 is 24.5 Å². The quantitative estimate of drug-likeness (QED) is 0.192. The van der Waals surface area contributed by atoms with Crippen molar-refractivity contribution in [1.29, 1.82) is 0 Å². The summed E-state index contributed by atoms with van der Waals surface area (Å²) in [5.41, 5.74) is 0.376. The minimum atomic E-state index is -2.04. The van der Waals surface area contributed by atoms with Crippen molar-refractivity contribution in [3.63, 3.8) is 0 Å². The first kappa shape index (κ1) is 30.4. The molecule has 0 bridgehead atoms. The van der Waals surface area contributed by atoms with Gasteiger partial charge in [0.15, 0.2) is 5.60 Å². The fourth-order valence-electron chi connectivity index (χ4n) is 5.49. The number of nitrogens with one attached hydrogen (secondary N) is 1. The number of amides is 1. The summed E-state index contributed by atoms with van der Waals surface area (Å²) in [6.45, 7) is 10.7. The molecule has 3 aromatic rings. The summed E-state index contributed by atoms with van der Waals surface area (Å²) in [5.74, 6) is -0.979. The van der Waals surface area contributed by atoms with Gasteiger partial charge in [-0.1, -0.05) is 33.5 Å². The van der Waals surface area contributed by atoms with Crippen molar-refractivity contribution in [3.8, 4) is 17.1 Å². The van der Waals surface area contributed by atoms with E-state index in [0.29, 0.717) is 30.0 Å². The summed E-state index contributed by atoms with van der Waals surface area (Å²) in [7, 11) is 1.72. The Labute approximate surface area is 241 Å². The van der Waals surface area contributed by atoms with Gasteiger partial charge in [-0.15, -0.1) is 0 Å². The maximum atomic E-state index is 14.1. The number of aromatic hydroxyl groups is 1. The smallest absolute Gasteiger partial charge is 0.305 e. The van der Waals surface area contributed by atoms with Crippen molar-refractivity contribution in [2.24, 2.45) is 0 Å². The first-order chi connectivity index (χ1) is 19.2. The van der Waals surface area contributed by atoms with E-state index < -0.39 is 31.1 Å². The van der Waals surface area contributed by atoms with Gasteiger partial charge in [0, 0.05) is 30.5 Å². The fourth-order valence-corrected chi connectivity index (χ4v) is 7.60. The Morgan fingerprint density at radius 3 is 2.51 bits per heavy atom. The van der Waals surface area contributed by atoms with Gasteiger partial charge in [0.05, 0.1) is 37.1 Å². The molecule has 11 heteroatoms. The number of carbonyl (C=O) groups is 2. The highest BCUT2D eigenvalue weighted by atomic mass is 28.3. The number of hydrogen-bond acceptors (Lipinski definition) is 8. The first-order valence-corrected chi connectivity index (χ1v) is 17.5. The third kappa shape index (κ3) is 5.66. The number of benzene rings is 1. The molecule has 41 heavy (non-hydrogen) atoms. The largest absolute Gasteiger partial charge is 0.508 e. The highest BCUT2D eigenvalue weighted by Crippen LogP contribution is 2.37. The Morgan fingerprint density at radius 1 is 1.20 bits per heavy atom. The second kappa shape index (κ2) is 11.4. The molecule has 10 nitrogen and oxygen atoms in total. The van der Waals surface area contributed by atoms with Crippen LogP contribution in [0.5, 0.6) is 5.75 Å². The Hall–Kier alpha value is -3.54. The molecule has 0 radical (unpaired) electrons. The predicted molar refractivity (Wildman–Crippen MR) is 161 cm³/mol. The standard InChI is InChI=1S/C30H40N4O6Si/c1-8-25(36)40-17-21-22(30(39,9-2)29(38)31-12-13-33(3)4)15-24-26-20(16-34(24)28(21)37)27(41(5,6)7)19-14-18(35)10-11-23(19)32-26/h10-11,14-15,35,39H,8-9,12-13,16-17H2,1-7H3,(H,31,38)/t30-/m0/s1. The van der Waals surface area contributed by atoms with Gasteiger partial charge in [0.2, 0.25) is 0 Å². The van der Waals surface area contributed by atoms with Crippen LogP contribution in [-0.2, 0) is 33.1 Å². The molecule has 4 rings (SSSR count). The minimum absolute atomic E-state index is 0.00411. The SMILES string of the molecule is CCC(=O)OCc1c([C@@](O)(CC)C(=O)NCCN(C)C)cc2n(c1=O)Cc1c-2nc2ccc(O)cc2c1[Si](C)(C)C. The number of phenols is 1. The molecule has 0 aliphatic carbocycles. The Kier molecular flexibility index (Phi) is 8.44. The van der Waals surface area contributed by atoms with Gasteiger partial charge in [-0.3, -0.25) is 14.4 Å². The summed E-state index contributed by atoms with van der Waals surface area (Å²) in [6.07, 6.45) is 0.120. The average Bonchev–Trinajstić information content (AvgIpc) is 3.27. The van der Waals surface area contributed by atoms with E-state index in [0.717, 1.165) is 16.1 Å². The summed E-state index contributed by atoms with van der Waals surface area (Å²) in [6, 6.07) is 6.72. The molecule has 1 atom stereocenters. The molecular weight excluding hydrogens is 540 g/mol. The van der Waals surface area contributed by atoms with E-state index in [1.165, 1.54) is 0 Å². The van der Waals surface area contributed by atoms with E-state index in [9.17, 15) is 24.6 Å². The number of fused-ring (bicyclic) bond motifs is 4. The number of aliphatic hydroxyl groups is 1. The number of rotatable bonds is 10. The number of carbonyl (C=O) groups excluding carboxylic acids is 2. The molecular formula is C30H40N4O6Si. The van der Waals surface area contributed by atoms with Gasteiger partial charge in [-0.25, -0.2) is 4.98 Å². The van der Waals surface area contributed by atoms with Crippen LogP contribution < -0.4 is 16.1 Å². The van der Waals surface area contributed by atoms with Crippen LogP contribution in [0.4, 0.5) is 0 Å². The Balaban J connectivity index is 1.97. The van der Waals surface area contributed by atoms with Crippen molar-refractivity contribution in [1.82, 2.24) is 19.8 Å². The van der Waals surface area contributed by atoms with Crippen molar-refractivity contribution in [2.75, 3.05) is 27.2 Å². The number of aromatic nitrogens is 2. The number of phenolic OH excluding ortho intramolecular Hbond substituents is 1. The zero-order valence-electron chi connectivity index (χ0n) is 24.9. The van der Waals surface area contributed by atoms with Crippen LogP contribution in [-0.4, -0.2) is 71.8 Å². The van der Waals surface area contributed by atoms with Gasteiger partial charge in [0.25, 0.3) is 11.5 Å². The highest BCUT2D eigenvalue weighted by molar-refractivity contribution is 6.90. The summed E-state index contributed by atoms with van der Waals surface area (Å²) in [5, 5.41) is 26.9. The van der Waals surface area contributed by atoms with E-state index >= 15 is 0 Å². The lowest BCUT2D eigenvalue weighted by Gasteiger charge is -2.29. The molecule has 0 saturated heterocycles. The number of nitrogens with zero attached hydrogens (tertiary/aromatic N) is 3. The molecule has 0 spiro atoms. The van der Waals surface area contributed by atoms with Crippen LogP contribution in [0.1, 0.15) is 43.4 Å². The molecule has 220 valence electrons. The first-order valence-electron chi connectivity index (χ1n) is 14.0.